The van der Waals surface area contributed by atoms with E-state index in [0.29, 0.717) is 6.42 Å². The predicted octanol–water partition coefficient (Wildman–Crippen LogP) is 4.32. The van der Waals surface area contributed by atoms with Crippen molar-refractivity contribution in [2.45, 2.75) is 25.7 Å². The van der Waals surface area contributed by atoms with Gasteiger partial charge in [0.1, 0.15) is 0 Å². The van der Waals surface area contributed by atoms with Crippen molar-refractivity contribution < 1.29 is 9.90 Å². The normalized spacial score (nSPS) is 12.1. The molecule has 0 fully saturated rings. The van der Waals surface area contributed by atoms with Crippen LogP contribution in [0.1, 0.15) is 31.2 Å². The molecule has 0 saturated heterocycles. The lowest BCUT2D eigenvalue weighted by Crippen LogP contribution is -2.12. The quantitative estimate of drug-likeness (QED) is 0.862. The molecule has 0 amide bonds. The highest BCUT2D eigenvalue weighted by atomic mass is 16.4. The fraction of sp³-hybridized carbons (Fsp3) is 0.235. The lowest BCUT2D eigenvalue weighted by atomic mass is 9.88. The molecule has 0 spiro atoms. The Kier molecular flexibility index (Phi) is 4.35. The maximum Gasteiger partial charge on any atom is 0.310 e. The van der Waals surface area contributed by atoms with Gasteiger partial charge in [0.25, 0.3) is 0 Å². The van der Waals surface area contributed by atoms with Crippen LogP contribution in [0, 0.1) is 0 Å². The van der Waals surface area contributed by atoms with Crippen LogP contribution in [-0.4, -0.2) is 11.1 Å². The lowest BCUT2D eigenvalue weighted by molar-refractivity contribution is -0.139. The molecule has 2 aromatic rings. The molecule has 1 atom stereocenters. The molecule has 2 aromatic carbocycles. The Balaban J connectivity index is 2.49. The molecule has 1 unspecified atom stereocenters. The maximum absolute atomic E-state index is 11.5. The topological polar surface area (TPSA) is 37.3 Å². The van der Waals surface area contributed by atoms with E-state index in [1.807, 2.05) is 61.5 Å². The van der Waals surface area contributed by atoms with E-state index in [9.17, 15) is 9.90 Å². The highest BCUT2D eigenvalue weighted by Gasteiger charge is 2.21. The first-order valence-electron chi connectivity index (χ1n) is 6.61. The summed E-state index contributed by atoms with van der Waals surface area (Å²) in [5.41, 5.74) is 2.99. The van der Waals surface area contributed by atoms with E-state index in [0.717, 1.165) is 23.1 Å². The van der Waals surface area contributed by atoms with E-state index in [2.05, 4.69) is 0 Å². The minimum Gasteiger partial charge on any atom is -0.481 e. The van der Waals surface area contributed by atoms with Gasteiger partial charge >= 0.3 is 5.97 Å². The van der Waals surface area contributed by atoms with Crippen molar-refractivity contribution >= 4 is 5.97 Å². The van der Waals surface area contributed by atoms with Gasteiger partial charge in [0.2, 0.25) is 0 Å². The number of carboxylic acids is 1. The Bertz CT molecular complexity index is 546. The number of hydrogen-bond donors (Lipinski definition) is 1. The fourth-order valence-corrected chi connectivity index (χ4v) is 2.38. The van der Waals surface area contributed by atoms with Crippen molar-refractivity contribution in [1.82, 2.24) is 0 Å². The average molecular weight is 254 g/mol. The van der Waals surface area contributed by atoms with Crippen molar-refractivity contribution in [2.75, 3.05) is 0 Å². The Hall–Kier alpha value is -2.09. The molecule has 0 saturated carbocycles. The molecule has 0 aliphatic heterocycles. The summed E-state index contributed by atoms with van der Waals surface area (Å²) in [6, 6.07) is 17.7. The summed E-state index contributed by atoms with van der Waals surface area (Å²) in [6.07, 6.45) is 1.53. The van der Waals surface area contributed by atoms with Gasteiger partial charge in [0, 0.05) is 0 Å². The third kappa shape index (κ3) is 3.02. The van der Waals surface area contributed by atoms with E-state index in [1.165, 1.54) is 0 Å². The average Bonchev–Trinajstić information content (AvgIpc) is 2.45. The number of benzene rings is 2. The van der Waals surface area contributed by atoms with Crippen LogP contribution in [0.15, 0.2) is 54.6 Å². The Morgan fingerprint density at radius 2 is 1.68 bits per heavy atom. The van der Waals surface area contributed by atoms with Crippen molar-refractivity contribution in [1.29, 1.82) is 0 Å². The predicted molar refractivity (Wildman–Crippen MR) is 77.2 cm³/mol. The maximum atomic E-state index is 11.5. The number of hydrogen-bond acceptors (Lipinski definition) is 1. The zero-order valence-corrected chi connectivity index (χ0v) is 11.0. The summed E-state index contributed by atoms with van der Waals surface area (Å²) in [7, 11) is 0. The molecule has 0 radical (unpaired) electrons. The summed E-state index contributed by atoms with van der Waals surface area (Å²) in [5.74, 6) is -1.17. The van der Waals surface area contributed by atoms with Crippen molar-refractivity contribution in [2.24, 2.45) is 0 Å². The van der Waals surface area contributed by atoms with E-state index >= 15 is 0 Å². The van der Waals surface area contributed by atoms with Crippen LogP contribution >= 0.6 is 0 Å². The zero-order chi connectivity index (χ0) is 13.7. The van der Waals surface area contributed by atoms with E-state index in [4.69, 9.17) is 0 Å². The lowest BCUT2D eigenvalue weighted by Gasteiger charge is -2.16. The molecule has 0 aliphatic rings. The summed E-state index contributed by atoms with van der Waals surface area (Å²) in [4.78, 5) is 11.5. The summed E-state index contributed by atoms with van der Waals surface area (Å²) in [5, 5.41) is 9.43. The number of carboxylic acid groups (broad SMARTS) is 1. The van der Waals surface area contributed by atoms with Gasteiger partial charge in [0.15, 0.2) is 0 Å². The molecule has 0 bridgehead atoms. The van der Waals surface area contributed by atoms with Crippen molar-refractivity contribution in [3.05, 3.63) is 60.2 Å². The molecule has 2 rings (SSSR count). The van der Waals surface area contributed by atoms with Crippen LogP contribution in [0.25, 0.3) is 11.1 Å². The third-order valence-corrected chi connectivity index (χ3v) is 3.30. The minimum atomic E-state index is -0.745. The second-order valence-electron chi connectivity index (χ2n) is 4.63. The van der Waals surface area contributed by atoms with Gasteiger partial charge in [-0.1, -0.05) is 67.9 Å². The standard InChI is InChI=1S/C17H18O2/c1-2-8-16(17(18)19)15-12-7-6-11-14(15)13-9-4-3-5-10-13/h3-7,9-12,16H,2,8H2,1H3,(H,18,19). The molecule has 2 heteroatoms. The molecule has 0 aliphatic carbocycles. The molecule has 0 heterocycles. The monoisotopic (exact) mass is 254 g/mol. The minimum absolute atomic E-state index is 0.429. The smallest absolute Gasteiger partial charge is 0.310 e. The highest BCUT2D eigenvalue weighted by molar-refractivity contribution is 5.81. The first kappa shape index (κ1) is 13.3. The van der Waals surface area contributed by atoms with Crippen LogP contribution in [0.5, 0.6) is 0 Å². The van der Waals surface area contributed by atoms with Crippen LogP contribution in [0.3, 0.4) is 0 Å². The van der Waals surface area contributed by atoms with Crippen molar-refractivity contribution in [3.63, 3.8) is 0 Å². The van der Waals surface area contributed by atoms with E-state index in [1.54, 1.807) is 0 Å². The van der Waals surface area contributed by atoms with Gasteiger partial charge in [-0.25, -0.2) is 0 Å². The first-order chi connectivity index (χ1) is 9.24. The summed E-state index contributed by atoms with van der Waals surface area (Å²) >= 11 is 0. The third-order valence-electron chi connectivity index (χ3n) is 3.30. The van der Waals surface area contributed by atoms with Gasteiger partial charge in [-0.15, -0.1) is 0 Å². The van der Waals surface area contributed by atoms with Crippen LogP contribution in [0.4, 0.5) is 0 Å². The van der Waals surface area contributed by atoms with Gasteiger partial charge in [-0.05, 0) is 23.1 Å². The summed E-state index contributed by atoms with van der Waals surface area (Å²) in [6.45, 7) is 2.01. The van der Waals surface area contributed by atoms with Gasteiger partial charge in [0.05, 0.1) is 5.92 Å². The molecule has 19 heavy (non-hydrogen) atoms. The van der Waals surface area contributed by atoms with E-state index in [-0.39, 0.29) is 0 Å². The van der Waals surface area contributed by atoms with Gasteiger partial charge in [-0.3, -0.25) is 4.79 Å². The van der Waals surface area contributed by atoms with Crippen LogP contribution in [0.2, 0.25) is 0 Å². The molecule has 1 N–H and O–H groups in total. The zero-order valence-electron chi connectivity index (χ0n) is 11.0. The Labute approximate surface area is 113 Å². The molecule has 98 valence electrons. The highest BCUT2D eigenvalue weighted by Crippen LogP contribution is 2.31. The molecular weight excluding hydrogens is 236 g/mol. The van der Waals surface area contributed by atoms with Gasteiger partial charge < -0.3 is 5.11 Å². The second kappa shape index (κ2) is 6.19. The van der Waals surface area contributed by atoms with Gasteiger partial charge in [-0.2, -0.15) is 0 Å². The largest absolute Gasteiger partial charge is 0.481 e. The first-order valence-corrected chi connectivity index (χ1v) is 6.61. The van der Waals surface area contributed by atoms with Crippen LogP contribution in [-0.2, 0) is 4.79 Å². The number of carbonyl (C=O) groups is 1. The molecule has 0 aromatic heterocycles. The van der Waals surface area contributed by atoms with Crippen molar-refractivity contribution in [3.8, 4) is 11.1 Å². The Morgan fingerprint density at radius 3 is 2.32 bits per heavy atom. The SMILES string of the molecule is CCCC(C(=O)O)c1ccccc1-c1ccccc1. The Morgan fingerprint density at radius 1 is 1.05 bits per heavy atom. The summed E-state index contributed by atoms with van der Waals surface area (Å²) < 4.78 is 0. The fourth-order valence-electron chi connectivity index (χ4n) is 2.38. The molecule has 2 nitrogen and oxygen atoms in total. The second-order valence-corrected chi connectivity index (χ2v) is 4.63. The van der Waals surface area contributed by atoms with E-state index < -0.39 is 11.9 Å². The number of rotatable bonds is 5. The van der Waals surface area contributed by atoms with Crippen LogP contribution < -0.4 is 0 Å². The number of aliphatic carboxylic acids is 1. The molecular formula is C17H18O2.